The lowest BCUT2D eigenvalue weighted by Gasteiger charge is -2.26. The van der Waals surface area contributed by atoms with Crippen molar-refractivity contribution in [3.63, 3.8) is 0 Å². The molecule has 1 saturated heterocycles. The SMILES string of the molecule is C/C(=N\NC(=O)c1cccc(S(=O)(=O)N2CCOCC2)c1)c1ccc(C)cc1. The number of hydrogen-bond donors (Lipinski definition) is 1. The van der Waals surface area contributed by atoms with Crippen molar-refractivity contribution in [2.24, 2.45) is 5.10 Å². The van der Waals surface area contributed by atoms with Gasteiger partial charge in [0.05, 0.1) is 23.8 Å². The van der Waals surface area contributed by atoms with Crippen LogP contribution in [0.25, 0.3) is 0 Å². The topological polar surface area (TPSA) is 88.1 Å². The van der Waals surface area contributed by atoms with Crippen LogP contribution in [0.5, 0.6) is 0 Å². The molecule has 148 valence electrons. The predicted octanol–water partition coefficient (Wildman–Crippen LogP) is 2.17. The number of amides is 1. The molecular weight excluding hydrogens is 378 g/mol. The Morgan fingerprint density at radius 1 is 1.07 bits per heavy atom. The van der Waals surface area contributed by atoms with Gasteiger partial charge < -0.3 is 4.74 Å². The zero-order chi connectivity index (χ0) is 20.1. The average molecular weight is 401 g/mol. The zero-order valence-corrected chi connectivity index (χ0v) is 16.7. The zero-order valence-electron chi connectivity index (χ0n) is 15.9. The first-order valence-corrected chi connectivity index (χ1v) is 10.4. The molecule has 2 aromatic rings. The summed E-state index contributed by atoms with van der Waals surface area (Å²) in [6, 6.07) is 13.8. The Hall–Kier alpha value is -2.55. The molecule has 1 N–H and O–H groups in total. The van der Waals surface area contributed by atoms with Gasteiger partial charge in [-0.2, -0.15) is 9.41 Å². The van der Waals surface area contributed by atoms with Crippen molar-refractivity contribution in [3.05, 3.63) is 65.2 Å². The fourth-order valence-corrected chi connectivity index (χ4v) is 4.25. The fraction of sp³-hybridized carbons (Fsp3) is 0.300. The first-order chi connectivity index (χ1) is 13.4. The van der Waals surface area contributed by atoms with Crippen molar-refractivity contribution in [2.75, 3.05) is 26.3 Å². The second kappa shape index (κ2) is 8.64. The summed E-state index contributed by atoms with van der Waals surface area (Å²) in [5, 5.41) is 4.12. The minimum absolute atomic E-state index is 0.0845. The number of benzene rings is 2. The molecule has 1 aliphatic rings. The maximum absolute atomic E-state index is 12.8. The number of rotatable bonds is 5. The van der Waals surface area contributed by atoms with Gasteiger partial charge in [0.25, 0.3) is 5.91 Å². The molecule has 1 amide bonds. The highest BCUT2D eigenvalue weighted by Crippen LogP contribution is 2.18. The molecule has 1 heterocycles. The Morgan fingerprint density at radius 3 is 2.43 bits per heavy atom. The van der Waals surface area contributed by atoms with Gasteiger partial charge >= 0.3 is 0 Å². The van der Waals surface area contributed by atoms with Gasteiger partial charge in [-0.3, -0.25) is 4.79 Å². The predicted molar refractivity (Wildman–Crippen MR) is 107 cm³/mol. The molecule has 3 rings (SSSR count). The summed E-state index contributed by atoms with van der Waals surface area (Å²) in [6.07, 6.45) is 0. The van der Waals surface area contributed by atoms with Gasteiger partial charge in [0.15, 0.2) is 0 Å². The molecular formula is C20H23N3O4S. The highest BCUT2D eigenvalue weighted by Gasteiger charge is 2.26. The smallest absolute Gasteiger partial charge is 0.271 e. The van der Waals surface area contributed by atoms with Gasteiger partial charge in [-0.15, -0.1) is 0 Å². The van der Waals surface area contributed by atoms with Gasteiger partial charge in [-0.25, -0.2) is 13.8 Å². The molecule has 0 atom stereocenters. The summed E-state index contributed by atoms with van der Waals surface area (Å²) in [5.41, 5.74) is 5.42. The quantitative estimate of drug-likeness (QED) is 0.614. The molecule has 0 bridgehead atoms. The van der Waals surface area contributed by atoms with Crippen molar-refractivity contribution >= 4 is 21.6 Å². The molecule has 0 aliphatic carbocycles. The van der Waals surface area contributed by atoms with Crippen LogP contribution in [0, 0.1) is 6.92 Å². The normalized spacial score (nSPS) is 16.0. The lowest BCUT2D eigenvalue weighted by Crippen LogP contribution is -2.40. The Bertz CT molecular complexity index is 979. The standard InChI is InChI=1S/C20H23N3O4S/c1-15-6-8-17(9-7-15)16(2)21-22-20(24)18-4-3-5-19(14-18)28(25,26)23-10-12-27-13-11-23/h3-9,14H,10-13H2,1-2H3,(H,22,24)/b21-16+. The molecule has 0 unspecified atom stereocenters. The molecule has 0 saturated carbocycles. The van der Waals surface area contributed by atoms with Crippen LogP contribution in [0.4, 0.5) is 0 Å². The van der Waals surface area contributed by atoms with E-state index < -0.39 is 15.9 Å². The van der Waals surface area contributed by atoms with Gasteiger partial charge in [-0.1, -0.05) is 35.9 Å². The number of nitrogens with one attached hydrogen (secondary N) is 1. The van der Waals surface area contributed by atoms with Crippen molar-refractivity contribution in [1.82, 2.24) is 9.73 Å². The van der Waals surface area contributed by atoms with Crippen molar-refractivity contribution in [1.29, 1.82) is 0 Å². The van der Waals surface area contributed by atoms with E-state index in [1.807, 2.05) is 31.2 Å². The summed E-state index contributed by atoms with van der Waals surface area (Å²) < 4.78 is 32.1. The number of nitrogens with zero attached hydrogens (tertiary/aromatic N) is 2. The van der Waals surface area contributed by atoms with Crippen LogP contribution in [-0.4, -0.2) is 50.6 Å². The lowest BCUT2D eigenvalue weighted by atomic mass is 10.1. The van der Waals surface area contributed by atoms with E-state index in [1.54, 1.807) is 19.1 Å². The number of sulfonamides is 1. The van der Waals surface area contributed by atoms with Gasteiger partial charge in [0, 0.05) is 18.7 Å². The summed E-state index contributed by atoms with van der Waals surface area (Å²) in [6.45, 7) is 5.14. The number of carbonyl (C=O) groups is 1. The number of aryl methyl sites for hydroxylation is 1. The lowest BCUT2D eigenvalue weighted by molar-refractivity contribution is 0.0730. The maximum atomic E-state index is 12.8. The average Bonchev–Trinajstić information content (AvgIpc) is 2.73. The van der Waals surface area contributed by atoms with Gasteiger partial charge in [-0.05, 0) is 37.6 Å². The molecule has 1 fully saturated rings. The molecule has 0 aromatic heterocycles. The van der Waals surface area contributed by atoms with E-state index in [4.69, 9.17) is 4.74 Å². The second-order valence-electron chi connectivity index (χ2n) is 6.55. The number of ether oxygens (including phenoxy) is 1. The van der Waals surface area contributed by atoms with Crippen LogP contribution in [0.2, 0.25) is 0 Å². The van der Waals surface area contributed by atoms with Gasteiger partial charge in [0.1, 0.15) is 0 Å². The van der Waals surface area contributed by atoms with Crippen LogP contribution in [0.3, 0.4) is 0 Å². The largest absolute Gasteiger partial charge is 0.379 e. The first kappa shape index (κ1) is 20.2. The Balaban J connectivity index is 1.75. The third kappa shape index (κ3) is 4.64. The minimum Gasteiger partial charge on any atom is -0.379 e. The first-order valence-electron chi connectivity index (χ1n) is 8.97. The third-order valence-corrected chi connectivity index (χ3v) is 6.39. The second-order valence-corrected chi connectivity index (χ2v) is 8.49. The molecule has 0 spiro atoms. The van der Waals surface area contributed by atoms with E-state index in [2.05, 4.69) is 10.5 Å². The van der Waals surface area contributed by atoms with E-state index in [0.29, 0.717) is 32.0 Å². The maximum Gasteiger partial charge on any atom is 0.271 e. The summed E-state index contributed by atoms with van der Waals surface area (Å²) in [7, 11) is -3.66. The molecule has 7 nitrogen and oxygen atoms in total. The minimum atomic E-state index is -3.66. The van der Waals surface area contributed by atoms with Crippen molar-refractivity contribution in [2.45, 2.75) is 18.7 Å². The Morgan fingerprint density at radius 2 is 1.75 bits per heavy atom. The van der Waals surface area contributed by atoms with E-state index in [1.165, 1.54) is 16.4 Å². The third-order valence-electron chi connectivity index (χ3n) is 4.50. The van der Waals surface area contributed by atoms with E-state index in [-0.39, 0.29) is 10.5 Å². The van der Waals surface area contributed by atoms with E-state index >= 15 is 0 Å². The number of hydrogen-bond acceptors (Lipinski definition) is 5. The summed E-state index contributed by atoms with van der Waals surface area (Å²) >= 11 is 0. The molecule has 2 aromatic carbocycles. The molecule has 8 heteroatoms. The van der Waals surface area contributed by atoms with E-state index in [0.717, 1.165) is 11.1 Å². The van der Waals surface area contributed by atoms with Crippen LogP contribution in [0.1, 0.15) is 28.4 Å². The molecule has 1 aliphatic heterocycles. The number of carbonyl (C=O) groups excluding carboxylic acids is 1. The Labute approximate surface area is 165 Å². The van der Waals surface area contributed by atoms with Crippen molar-refractivity contribution < 1.29 is 17.9 Å². The number of hydrazone groups is 1. The van der Waals surface area contributed by atoms with Crippen LogP contribution in [-0.2, 0) is 14.8 Å². The van der Waals surface area contributed by atoms with Gasteiger partial charge in [0.2, 0.25) is 10.0 Å². The number of morpholine rings is 1. The molecule has 28 heavy (non-hydrogen) atoms. The Kier molecular flexibility index (Phi) is 6.23. The summed E-state index contributed by atoms with van der Waals surface area (Å²) in [5.74, 6) is -0.467. The summed E-state index contributed by atoms with van der Waals surface area (Å²) in [4.78, 5) is 12.5. The van der Waals surface area contributed by atoms with Crippen LogP contribution < -0.4 is 5.43 Å². The fourth-order valence-electron chi connectivity index (χ4n) is 2.79. The monoisotopic (exact) mass is 401 g/mol. The highest BCUT2D eigenvalue weighted by molar-refractivity contribution is 7.89. The molecule has 0 radical (unpaired) electrons. The van der Waals surface area contributed by atoms with Crippen LogP contribution in [0.15, 0.2) is 58.5 Å². The highest BCUT2D eigenvalue weighted by atomic mass is 32.2. The van der Waals surface area contributed by atoms with Crippen LogP contribution >= 0.6 is 0 Å². The van der Waals surface area contributed by atoms with E-state index in [9.17, 15) is 13.2 Å². The van der Waals surface area contributed by atoms with Crippen molar-refractivity contribution in [3.8, 4) is 0 Å².